The summed E-state index contributed by atoms with van der Waals surface area (Å²) in [6.45, 7) is 13.7. The van der Waals surface area contributed by atoms with Gasteiger partial charge in [-0.1, -0.05) is 53.2 Å². The van der Waals surface area contributed by atoms with Gasteiger partial charge < -0.3 is 10.2 Å². The highest BCUT2D eigenvalue weighted by Gasteiger charge is 2.69. The molecule has 9 atom stereocenters. The molecule has 5 rings (SSSR count). The third kappa shape index (κ3) is 2.74. The van der Waals surface area contributed by atoms with Crippen LogP contribution in [0, 0.1) is 50.7 Å². The first-order chi connectivity index (χ1) is 15.2. The number of aliphatic hydroxyl groups excluding tert-OH is 1. The summed E-state index contributed by atoms with van der Waals surface area (Å²) in [7, 11) is 0. The lowest BCUT2D eigenvalue weighted by Gasteiger charge is -2.70. The molecule has 0 aromatic heterocycles. The number of fused-ring (bicyclic) bond motifs is 7. The fourth-order valence-electron chi connectivity index (χ4n) is 10.0. The molecule has 0 saturated heterocycles. The molecule has 4 saturated carbocycles. The summed E-state index contributed by atoms with van der Waals surface area (Å²) in [5, 5.41) is 22.1. The number of hydrogen-bond donors (Lipinski definition) is 2. The molecular weight excluding hydrogens is 412 g/mol. The largest absolute Gasteiger partial charge is 0.481 e. The average molecular weight is 457 g/mol. The Hall–Kier alpha value is -1.16. The summed E-state index contributed by atoms with van der Waals surface area (Å²) in [6, 6.07) is 0. The van der Waals surface area contributed by atoms with Crippen LogP contribution in [0.2, 0.25) is 0 Å². The maximum Gasteiger partial charge on any atom is 0.310 e. The number of allylic oxidation sites excluding steroid dienone is 1. The molecule has 4 heteroatoms. The molecule has 0 unspecified atom stereocenters. The molecule has 0 aromatic carbocycles. The lowest BCUT2D eigenvalue weighted by molar-refractivity contribution is -0.193. The molecule has 0 radical (unpaired) electrons. The Labute approximate surface area is 199 Å². The Morgan fingerprint density at radius 2 is 1.67 bits per heavy atom. The van der Waals surface area contributed by atoms with E-state index < -0.39 is 17.5 Å². The highest BCUT2D eigenvalue weighted by atomic mass is 16.4. The fourth-order valence-corrected chi connectivity index (χ4v) is 10.0. The maximum absolute atomic E-state index is 12.7. The third-order valence-electron chi connectivity index (χ3n) is 12.6. The average Bonchev–Trinajstić information content (AvgIpc) is 2.74. The van der Waals surface area contributed by atoms with Crippen molar-refractivity contribution in [1.82, 2.24) is 0 Å². The number of carboxylic acids is 1. The molecular formula is C29H44O4. The molecule has 2 N–H and O–H groups in total. The van der Waals surface area contributed by atoms with Gasteiger partial charge in [0.05, 0.1) is 11.5 Å². The normalized spacial score (nSPS) is 53.1. The van der Waals surface area contributed by atoms with Crippen molar-refractivity contribution >= 4 is 11.8 Å². The quantitative estimate of drug-likeness (QED) is 0.473. The first-order valence-electron chi connectivity index (χ1n) is 13.4. The van der Waals surface area contributed by atoms with Crippen molar-refractivity contribution in [1.29, 1.82) is 0 Å². The van der Waals surface area contributed by atoms with Crippen molar-refractivity contribution < 1.29 is 19.8 Å². The minimum atomic E-state index is -0.837. The van der Waals surface area contributed by atoms with Crippen molar-refractivity contribution in [3.63, 3.8) is 0 Å². The van der Waals surface area contributed by atoms with E-state index in [1.165, 1.54) is 5.57 Å². The van der Waals surface area contributed by atoms with Crippen LogP contribution in [0.15, 0.2) is 11.6 Å². The summed E-state index contributed by atoms with van der Waals surface area (Å²) < 4.78 is 0. The van der Waals surface area contributed by atoms with Crippen LogP contribution in [0.5, 0.6) is 0 Å². The van der Waals surface area contributed by atoms with E-state index in [0.29, 0.717) is 36.9 Å². The molecule has 0 aliphatic heterocycles. The zero-order valence-corrected chi connectivity index (χ0v) is 21.5. The van der Waals surface area contributed by atoms with Gasteiger partial charge in [0.2, 0.25) is 0 Å². The number of Topliss-reactive ketones (excluding diaryl/α,β-unsaturated/α-hetero) is 1. The summed E-state index contributed by atoms with van der Waals surface area (Å²) in [4.78, 5) is 25.3. The molecule has 184 valence electrons. The van der Waals surface area contributed by atoms with E-state index in [9.17, 15) is 19.8 Å². The smallest absolute Gasteiger partial charge is 0.310 e. The van der Waals surface area contributed by atoms with Crippen LogP contribution in [0.4, 0.5) is 0 Å². The second-order valence-electron chi connectivity index (χ2n) is 14.0. The number of carbonyl (C=O) groups excluding carboxylic acids is 1. The Morgan fingerprint density at radius 1 is 1.00 bits per heavy atom. The van der Waals surface area contributed by atoms with E-state index >= 15 is 0 Å². The number of ketones is 1. The molecule has 5 aliphatic rings. The van der Waals surface area contributed by atoms with E-state index in [4.69, 9.17) is 0 Å². The van der Waals surface area contributed by atoms with Gasteiger partial charge in [0, 0.05) is 18.3 Å². The fraction of sp³-hybridized carbons (Fsp3) is 0.862. The zero-order valence-electron chi connectivity index (χ0n) is 21.5. The van der Waals surface area contributed by atoms with E-state index in [1.807, 2.05) is 0 Å². The van der Waals surface area contributed by atoms with Gasteiger partial charge in [0.1, 0.15) is 5.78 Å². The first kappa shape index (κ1) is 23.6. The van der Waals surface area contributed by atoms with Crippen LogP contribution in [0.1, 0.15) is 99.3 Å². The third-order valence-corrected chi connectivity index (χ3v) is 12.6. The maximum atomic E-state index is 12.7. The Morgan fingerprint density at radius 3 is 2.33 bits per heavy atom. The van der Waals surface area contributed by atoms with Crippen molar-refractivity contribution in [3.8, 4) is 0 Å². The summed E-state index contributed by atoms with van der Waals surface area (Å²) in [6.07, 6.45) is 9.52. The number of aliphatic hydroxyl groups is 1. The first-order valence-corrected chi connectivity index (χ1v) is 13.4. The highest BCUT2D eigenvalue weighted by Crippen LogP contribution is 2.74. The van der Waals surface area contributed by atoms with Crippen molar-refractivity contribution in [2.45, 2.75) is 105 Å². The Bertz CT molecular complexity index is 919. The van der Waals surface area contributed by atoms with E-state index in [1.54, 1.807) is 0 Å². The number of aliphatic carboxylic acids is 1. The summed E-state index contributed by atoms with van der Waals surface area (Å²) in [5.74, 6) is 0.532. The van der Waals surface area contributed by atoms with Crippen LogP contribution in [0.3, 0.4) is 0 Å². The number of carboxylic acid groups (broad SMARTS) is 1. The van der Waals surface area contributed by atoms with Gasteiger partial charge in [-0.3, -0.25) is 9.59 Å². The number of carbonyl (C=O) groups is 2. The SMILES string of the molecule is C[C@@H]1C(=O)CC[C@]2(C)[C@H]3CC=C4[C@@H]5[C@H](O)C(C)(C)CC[C@]5(C(=O)O)CC[C@@]4(C)[C@]3(C)CC[C@@H]12. The van der Waals surface area contributed by atoms with Crippen molar-refractivity contribution in [2.24, 2.45) is 50.7 Å². The highest BCUT2D eigenvalue weighted by molar-refractivity contribution is 5.82. The minimum Gasteiger partial charge on any atom is -0.481 e. The van der Waals surface area contributed by atoms with Crippen molar-refractivity contribution in [3.05, 3.63) is 11.6 Å². The van der Waals surface area contributed by atoms with Crippen LogP contribution >= 0.6 is 0 Å². The predicted molar refractivity (Wildman–Crippen MR) is 128 cm³/mol. The van der Waals surface area contributed by atoms with Crippen LogP contribution in [0.25, 0.3) is 0 Å². The van der Waals surface area contributed by atoms with E-state index in [0.717, 1.165) is 38.5 Å². The lowest BCUT2D eigenvalue weighted by Crippen LogP contribution is -2.65. The van der Waals surface area contributed by atoms with E-state index in [-0.39, 0.29) is 33.5 Å². The van der Waals surface area contributed by atoms with Gasteiger partial charge in [0.25, 0.3) is 0 Å². The summed E-state index contributed by atoms with van der Waals surface area (Å²) >= 11 is 0. The molecule has 5 aliphatic carbocycles. The van der Waals surface area contributed by atoms with Crippen molar-refractivity contribution in [2.75, 3.05) is 0 Å². The van der Waals surface area contributed by atoms with E-state index in [2.05, 4.69) is 47.6 Å². The second kappa shape index (κ2) is 6.95. The molecule has 0 amide bonds. The summed E-state index contributed by atoms with van der Waals surface area (Å²) in [5.41, 5.74) is 0.245. The molecule has 0 heterocycles. The standard InChI is InChI=1S/C29H44O4/c1-17-18-9-12-28(6)21(26(18,4)11-10-20(17)30)8-7-19-22-23(31)25(2,3)13-15-29(22,24(32)33)16-14-27(19,28)5/h7,17-18,21-23,31H,8-16H2,1-6H3,(H,32,33)/t17-,18-,21+,22+,23-,26-,27+,28+,29-/m0/s1. The zero-order chi connectivity index (χ0) is 24.2. The lowest BCUT2D eigenvalue weighted by atomic mass is 9.34. The van der Waals surface area contributed by atoms with Gasteiger partial charge in [-0.2, -0.15) is 0 Å². The van der Waals surface area contributed by atoms with Crippen LogP contribution in [-0.4, -0.2) is 28.1 Å². The topological polar surface area (TPSA) is 74.6 Å². The second-order valence-corrected chi connectivity index (χ2v) is 14.0. The van der Waals surface area contributed by atoms with Gasteiger partial charge in [-0.15, -0.1) is 0 Å². The Balaban J connectivity index is 1.62. The van der Waals surface area contributed by atoms with Crippen LogP contribution < -0.4 is 0 Å². The van der Waals surface area contributed by atoms with Crippen LogP contribution in [-0.2, 0) is 9.59 Å². The Kier molecular flexibility index (Phi) is 4.97. The van der Waals surface area contributed by atoms with Gasteiger partial charge in [-0.25, -0.2) is 0 Å². The molecule has 4 fully saturated rings. The monoisotopic (exact) mass is 456 g/mol. The predicted octanol–water partition coefficient (Wildman–Crippen LogP) is 6.02. The van der Waals surface area contributed by atoms with Gasteiger partial charge in [0.15, 0.2) is 0 Å². The molecule has 4 nitrogen and oxygen atoms in total. The number of hydrogen-bond acceptors (Lipinski definition) is 3. The molecule has 0 spiro atoms. The number of rotatable bonds is 1. The molecule has 0 bridgehead atoms. The molecule has 33 heavy (non-hydrogen) atoms. The molecule has 0 aromatic rings. The van der Waals surface area contributed by atoms with Gasteiger partial charge in [-0.05, 0) is 84.9 Å². The minimum absolute atomic E-state index is 0.0639. The van der Waals surface area contributed by atoms with Gasteiger partial charge >= 0.3 is 5.97 Å².